The average molecular weight is 245 g/mol. The Balaban J connectivity index is 2.97. The second kappa shape index (κ2) is 4.63. The van der Waals surface area contributed by atoms with Crippen molar-refractivity contribution in [2.24, 2.45) is 0 Å². The molecular formula is C10H13BrO2. The van der Waals surface area contributed by atoms with Gasteiger partial charge in [-0.3, -0.25) is 0 Å². The van der Waals surface area contributed by atoms with Crippen LogP contribution in [-0.2, 0) is 0 Å². The van der Waals surface area contributed by atoms with Crippen molar-refractivity contribution < 1.29 is 9.84 Å². The molecule has 1 unspecified atom stereocenters. The van der Waals surface area contributed by atoms with E-state index in [1.54, 1.807) is 6.92 Å². The summed E-state index contributed by atoms with van der Waals surface area (Å²) >= 11 is 3.37. The summed E-state index contributed by atoms with van der Waals surface area (Å²) in [7, 11) is 0. The Morgan fingerprint density at radius 2 is 2.23 bits per heavy atom. The summed E-state index contributed by atoms with van der Waals surface area (Å²) in [6, 6.07) is 5.60. The van der Waals surface area contributed by atoms with E-state index in [-0.39, 0.29) is 0 Å². The molecule has 0 aliphatic rings. The van der Waals surface area contributed by atoms with Crippen LogP contribution < -0.4 is 4.74 Å². The van der Waals surface area contributed by atoms with Crippen LogP contribution in [0.25, 0.3) is 0 Å². The number of halogens is 1. The summed E-state index contributed by atoms with van der Waals surface area (Å²) in [5, 5.41) is 9.41. The smallest absolute Gasteiger partial charge is 0.119 e. The van der Waals surface area contributed by atoms with E-state index in [0.29, 0.717) is 6.61 Å². The van der Waals surface area contributed by atoms with E-state index in [1.807, 2.05) is 25.1 Å². The van der Waals surface area contributed by atoms with Gasteiger partial charge in [0.2, 0.25) is 0 Å². The minimum Gasteiger partial charge on any atom is -0.494 e. The lowest BCUT2D eigenvalue weighted by atomic mass is 10.1. The van der Waals surface area contributed by atoms with Crippen molar-refractivity contribution in [2.75, 3.05) is 6.61 Å². The van der Waals surface area contributed by atoms with Crippen LogP contribution in [0.2, 0.25) is 0 Å². The predicted octanol–water partition coefficient (Wildman–Crippen LogP) is 2.90. The first-order valence-corrected chi connectivity index (χ1v) is 5.04. The molecule has 13 heavy (non-hydrogen) atoms. The zero-order chi connectivity index (χ0) is 9.84. The largest absolute Gasteiger partial charge is 0.494 e. The summed E-state index contributed by atoms with van der Waals surface area (Å²) in [5.41, 5.74) is 0.853. The normalized spacial score (nSPS) is 12.6. The van der Waals surface area contributed by atoms with Crippen LogP contribution in [0.3, 0.4) is 0 Å². The summed E-state index contributed by atoms with van der Waals surface area (Å²) in [6.07, 6.45) is -0.477. The van der Waals surface area contributed by atoms with Gasteiger partial charge in [-0.1, -0.05) is 15.9 Å². The van der Waals surface area contributed by atoms with Crippen LogP contribution in [0.5, 0.6) is 5.75 Å². The first-order valence-electron chi connectivity index (χ1n) is 4.25. The molecule has 0 spiro atoms. The number of hydrogen-bond donors (Lipinski definition) is 1. The quantitative estimate of drug-likeness (QED) is 0.887. The van der Waals surface area contributed by atoms with Crippen molar-refractivity contribution in [1.82, 2.24) is 0 Å². The first kappa shape index (κ1) is 10.5. The van der Waals surface area contributed by atoms with E-state index in [2.05, 4.69) is 15.9 Å². The fourth-order valence-corrected chi connectivity index (χ4v) is 1.68. The Bertz CT molecular complexity index is 284. The van der Waals surface area contributed by atoms with Gasteiger partial charge in [0.25, 0.3) is 0 Å². The molecule has 0 saturated heterocycles. The van der Waals surface area contributed by atoms with E-state index in [1.165, 1.54) is 0 Å². The predicted molar refractivity (Wildman–Crippen MR) is 55.9 cm³/mol. The third-order valence-electron chi connectivity index (χ3n) is 1.73. The van der Waals surface area contributed by atoms with Crippen molar-refractivity contribution in [1.29, 1.82) is 0 Å². The van der Waals surface area contributed by atoms with E-state index >= 15 is 0 Å². The lowest BCUT2D eigenvalue weighted by molar-refractivity contribution is 0.198. The fourth-order valence-electron chi connectivity index (χ4n) is 1.10. The Hall–Kier alpha value is -0.540. The lowest BCUT2D eigenvalue weighted by Crippen LogP contribution is -1.96. The molecule has 0 radical (unpaired) electrons. The summed E-state index contributed by atoms with van der Waals surface area (Å²) in [4.78, 5) is 0. The summed E-state index contributed by atoms with van der Waals surface area (Å²) in [6.45, 7) is 4.31. The molecule has 3 heteroatoms. The molecule has 2 nitrogen and oxygen atoms in total. The molecule has 1 atom stereocenters. The summed E-state index contributed by atoms with van der Waals surface area (Å²) < 4.78 is 6.23. The summed E-state index contributed by atoms with van der Waals surface area (Å²) in [5.74, 6) is 0.793. The number of benzene rings is 1. The second-order valence-electron chi connectivity index (χ2n) is 2.79. The van der Waals surface area contributed by atoms with Gasteiger partial charge in [-0.05, 0) is 37.6 Å². The van der Waals surface area contributed by atoms with E-state index in [9.17, 15) is 5.11 Å². The van der Waals surface area contributed by atoms with Gasteiger partial charge in [0.15, 0.2) is 0 Å². The molecule has 0 aliphatic carbocycles. The molecule has 0 aliphatic heterocycles. The third-order valence-corrected chi connectivity index (χ3v) is 2.45. The minimum atomic E-state index is -0.477. The van der Waals surface area contributed by atoms with E-state index < -0.39 is 6.10 Å². The number of rotatable bonds is 3. The molecule has 0 heterocycles. The van der Waals surface area contributed by atoms with Gasteiger partial charge in [0, 0.05) is 4.47 Å². The number of ether oxygens (including phenoxy) is 1. The molecule has 0 fully saturated rings. The van der Waals surface area contributed by atoms with Crippen LogP contribution in [0.4, 0.5) is 0 Å². The first-order chi connectivity index (χ1) is 6.15. The SMILES string of the molecule is CCOc1ccc(Br)c(C(C)O)c1. The van der Waals surface area contributed by atoms with Crippen molar-refractivity contribution in [3.05, 3.63) is 28.2 Å². The molecule has 1 N–H and O–H groups in total. The molecule has 0 bridgehead atoms. The van der Waals surface area contributed by atoms with Crippen LogP contribution in [0.1, 0.15) is 25.5 Å². The minimum absolute atomic E-state index is 0.477. The highest BCUT2D eigenvalue weighted by atomic mass is 79.9. The third kappa shape index (κ3) is 2.71. The molecule has 1 aromatic rings. The van der Waals surface area contributed by atoms with E-state index in [4.69, 9.17) is 4.74 Å². The zero-order valence-corrected chi connectivity index (χ0v) is 9.34. The van der Waals surface area contributed by atoms with Gasteiger partial charge in [-0.15, -0.1) is 0 Å². The van der Waals surface area contributed by atoms with E-state index in [0.717, 1.165) is 15.8 Å². The van der Waals surface area contributed by atoms with Crippen LogP contribution in [-0.4, -0.2) is 11.7 Å². The van der Waals surface area contributed by atoms with Gasteiger partial charge in [0.1, 0.15) is 5.75 Å². The molecule has 0 saturated carbocycles. The molecule has 0 aromatic heterocycles. The Kier molecular flexibility index (Phi) is 3.75. The topological polar surface area (TPSA) is 29.5 Å². The highest BCUT2D eigenvalue weighted by molar-refractivity contribution is 9.10. The standard InChI is InChI=1S/C10H13BrO2/c1-3-13-8-4-5-10(11)9(6-8)7(2)12/h4-7,12H,3H2,1-2H3. The second-order valence-corrected chi connectivity index (χ2v) is 3.65. The Labute approximate surface area is 86.7 Å². The number of hydrogen-bond acceptors (Lipinski definition) is 2. The molecular weight excluding hydrogens is 232 g/mol. The number of aliphatic hydroxyl groups excluding tert-OH is 1. The van der Waals surface area contributed by atoms with Crippen LogP contribution >= 0.6 is 15.9 Å². The van der Waals surface area contributed by atoms with Crippen molar-refractivity contribution in [3.63, 3.8) is 0 Å². The molecule has 72 valence electrons. The maximum Gasteiger partial charge on any atom is 0.119 e. The van der Waals surface area contributed by atoms with Gasteiger partial charge in [0.05, 0.1) is 12.7 Å². The van der Waals surface area contributed by atoms with Crippen LogP contribution in [0, 0.1) is 0 Å². The van der Waals surface area contributed by atoms with Gasteiger partial charge in [-0.2, -0.15) is 0 Å². The van der Waals surface area contributed by atoms with Crippen molar-refractivity contribution in [3.8, 4) is 5.75 Å². The fraction of sp³-hybridized carbons (Fsp3) is 0.400. The zero-order valence-electron chi connectivity index (χ0n) is 7.75. The lowest BCUT2D eigenvalue weighted by Gasteiger charge is -2.10. The van der Waals surface area contributed by atoms with Gasteiger partial charge in [-0.25, -0.2) is 0 Å². The monoisotopic (exact) mass is 244 g/mol. The van der Waals surface area contributed by atoms with Crippen molar-refractivity contribution in [2.45, 2.75) is 20.0 Å². The highest BCUT2D eigenvalue weighted by Gasteiger charge is 2.06. The molecule has 1 aromatic carbocycles. The van der Waals surface area contributed by atoms with Crippen molar-refractivity contribution >= 4 is 15.9 Å². The Morgan fingerprint density at radius 1 is 1.54 bits per heavy atom. The molecule has 1 rings (SSSR count). The average Bonchev–Trinajstić information content (AvgIpc) is 2.08. The Morgan fingerprint density at radius 3 is 2.77 bits per heavy atom. The van der Waals surface area contributed by atoms with Gasteiger partial charge < -0.3 is 9.84 Å². The van der Waals surface area contributed by atoms with Crippen LogP contribution in [0.15, 0.2) is 22.7 Å². The highest BCUT2D eigenvalue weighted by Crippen LogP contribution is 2.27. The maximum atomic E-state index is 9.41. The number of aliphatic hydroxyl groups is 1. The molecule has 0 amide bonds. The maximum absolute atomic E-state index is 9.41. The van der Waals surface area contributed by atoms with Gasteiger partial charge >= 0.3 is 0 Å².